The molecule has 62 valence electrons. The van der Waals surface area contributed by atoms with E-state index in [-0.39, 0.29) is 0 Å². The monoisotopic (exact) mass is 163 g/mol. The van der Waals surface area contributed by atoms with Crippen LogP contribution in [0.2, 0.25) is 0 Å². The summed E-state index contributed by atoms with van der Waals surface area (Å²) < 4.78 is 0. The highest BCUT2D eigenvalue weighted by molar-refractivity contribution is 5.87. The van der Waals surface area contributed by atoms with Crippen LogP contribution in [0, 0.1) is 0 Å². The lowest BCUT2D eigenvalue weighted by atomic mass is 10.0. The Bertz CT molecular complexity index is 269. The van der Waals surface area contributed by atoms with Crippen LogP contribution in [0.1, 0.15) is 11.5 Å². The van der Waals surface area contributed by atoms with E-state index >= 15 is 0 Å². The average Bonchev–Trinajstić information content (AvgIpc) is 2.15. The highest BCUT2D eigenvalue weighted by atomic mass is 16.4. The molecule has 3 heteroatoms. The summed E-state index contributed by atoms with van der Waals surface area (Å²) in [4.78, 5) is 10.5. The minimum Gasteiger partial charge on any atom is -0.411 e. The molecule has 1 atom stereocenters. The molecule has 0 aliphatic carbocycles. The summed E-state index contributed by atoms with van der Waals surface area (Å²) in [5.74, 6) is -0.448. The van der Waals surface area contributed by atoms with Gasteiger partial charge in [0.2, 0.25) is 0 Å². The van der Waals surface area contributed by atoms with E-state index in [9.17, 15) is 4.79 Å². The molecule has 1 aromatic rings. The Morgan fingerprint density at radius 2 is 2.00 bits per heavy atom. The maximum Gasteiger partial charge on any atom is 0.132 e. The van der Waals surface area contributed by atoms with Crippen LogP contribution in [-0.2, 0) is 4.79 Å². The fraction of sp³-hybridized carbons (Fsp3) is 0.111. The number of carbonyl (C=O) groups excluding carboxylic acids is 1. The maximum absolute atomic E-state index is 10.5. The first-order chi connectivity index (χ1) is 5.88. The molecule has 0 bridgehead atoms. The van der Waals surface area contributed by atoms with Crippen LogP contribution < -0.4 is 0 Å². The van der Waals surface area contributed by atoms with Crippen molar-refractivity contribution < 1.29 is 10.0 Å². The van der Waals surface area contributed by atoms with E-state index in [4.69, 9.17) is 5.21 Å². The standard InChI is InChI=1S/C9H9NO2/c11-7-9(6-10-12)8-4-2-1-3-5-8/h1-7,9,12H/b10-6+. The van der Waals surface area contributed by atoms with E-state index in [0.717, 1.165) is 11.8 Å². The van der Waals surface area contributed by atoms with Gasteiger partial charge in [0.25, 0.3) is 0 Å². The number of oxime groups is 1. The molecule has 0 saturated carbocycles. The molecule has 0 heterocycles. The Balaban J connectivity index is 2.87. The second-order valence-electron chi connectivity index (χ2n) is 2.34. The zero-order valence-corrected chi connectivity index (χ0v) is 6.42. The lowest BCUT2D eigenvalue weighted by Crippen LogP contribution is -2.00. The van der Waals surface area contributed by atoms with Crippen LogP contribution in [0.4, 0.5) is 0 Å². The highest BCUT2D eigenvalue weighted by Gasteiger charge is 2.05. The summed E-state index contributed by atoms with van der Waals surface area (Å²) >= 11 is 0. The molecule has 3 nitrogen and oxygen atoms in total. The molecule has 0 spiro atoms. The lowest BCUT2D eigenvalue weighted by Gasteiger charge is -2.01. The molecular weight excluding hydrogens is 154 g/mol. The number of benzene rings is 1. The van der Waals surface area contributed by atoms with Crippen molar-refractivity contribution >= 4 is 12.5 Å². The van der Waals surface area contributed by atoms with Gasteiger partial charge in [0.1, 0.15) is 6.29 Å². The summed E-state index contributed by atoms with van der Waals surface area (Å²) in [5, 5.41) is 11.1. The van der Waals surface area contributed by atoms with Crippen molar-refractivity contribution in [2.45, 2.75) is 5.92 Å². The third-order valence-corrected chi connectivity index (χ3v) is 1.56. The molecule has 0 radical (unpaired) electrons. The van der Waals surface area contributed by atoms with Crippen LogP contribution >= 0.6 is 0 Å². The first-order valence-electron chi connectivity index (χ1n) is 3.56. The molecule has 0 saturated heterocycles. The van der Waals surface area contributed by atoms with Crippen LogP contribution in [0.5, 0.6) is 0 Å². The molecule has 1 rings (SSSR count). The van der Waals surface area contributed by atoms with Gasteiger partial charge in [-0.2, -0.15) is 0 Å². The molecular formula is C9H9NO2. The van der Waals surface area contributed by atoms with E-state index < -0.39 is 5.92 Å². The number of aldehydes is 1. The van der Waals surface area contributed by atoms with E-state index in [1.807, 2.05) is 18.2 Å². The predicted molar refractivity (Wildman–Crippen MR) is 45.5 cm³/mol. The zero-order valence-electron chi connectivity index (χ0n) is 6.42. The van der Waals surface area contributed by atoms with E-state index in [0.29, 0.717) is 0 Å². The van der Waals surface area contributed by atoms with Crippen molar-refractivity contribution in [3.63, 3.8) is 0 Å². The van der Waals surface area contributed by atoms with Gasteiger partial charge in [0.05, 0.1) is 12.1 Å². The Labute approximate surface area is 70.3 Å². The quantitative estimate of drug-likeness (QED) is 0.317. The maximum atomic E-state index is 10.5. The van der Waals surface area contributed by atoms with E-state index in [1.165, 1.54) is 6.21 Å². The third kappa shape index (κ3) is 1.92. The minimum atomic E-state index is -0.448. The Morgan fingerprint density at radius 3 is 2.50 bits per heavy atom. The van der Waals surface area contributed by atoms with E-state index in [1.54, 1.807) is 12.1 Å². The van der Waals surface area contributed by atoms with Crippen molar-refractivity contribution in [1.82, 2.24) is 0 Å². The van der Waals surface area contributed by atoms with Gasteiger partial charge in [-0.15, -0.1) is 5.16 Å². The summed E-state index contributed by atoms with van der Waals surface area (Å²) in [5.41, 5.74) is 0.824. The van der Waals surface area contributed by atoms with Crippen LogP contribution in [0.15, 0.2) is 35.5 Å². The third-order valence-electron chi connectivity index (χ3n) is 1.56. The Morgan fingerprint density at radius 1 is 1.33 bits per heavy atom. The Kier molecular flexibility index (Phi) is 3.02. The van der Waals surface area contributed by atoms with Crippen LogP contribution in [0.25, 0.3) is 0 Å². The highest BCUT2D eigenvalue weighted by Crippen LogP contribution is 2.09. The van der Waals surface area contributed by atoms with Crippen molar-refractivity contribution in [1.29, 1.82) is 0 Å². The molecule has 12 heavy (non-hydrogen) atoms. The number of hydrogen-bond acceptors (Lipinski definition) is 3. The summed E-state index contributed by atoms with van der Waals surface area (Å²) in [6.45, 7) is 0. The molecule has 0 aliphatic rings. The molecule has 0 aromatic heterocycles. The summed E-state index contributed by atoms with van der Waals surface area (Å²) in [6.07, 6.45) is 1.93. The molecule has 0 amide bonds. The topological polar surface area (TPSA) is 49.7 Å². The van der Waals surface area contributed by atoms with Gasteiger partial charge in [-0.25, -0.2) is 0 Å². The number of carbonyl (C=O) groups is 1. The van der Waals surface area contributed by atoms with Crippen molar-refractivity contribution in [3.8, 4) is 0 Å². The Hall–Kier alpha value is -1.64. The second-order valence-corrected chi connectivity index (χ2v) is 2.34. The second kappa shape index (κ2) is 4.28. The first kappa shape index (κ1) is 8.46. The van der Waals surface area contributed by atoms with Gasteiger partial charge in [0, 0.05) is 0 Å². The molecule has 0 fully saturated rings. The normalized spacial score (nSPS) is 13.0. The summed E-state index contributed by atoms with van der Waals surface area (Å²) in [6, 6.07) is 9.14. The number of hydrogen-bond donors (Lipinski definition) is 1. The van der Waals surface area contributed by atoms with Gasteiger partial charge in [-0.05, 0) is 5.56 Å². The van der Waals surface area contributed by atoms with Crippen LogP contribution in [-0.4, -0.2) is 17.7 Å². The molecule has 1 unspecified atom stereocenters. The SMILES string of the molecule is O=CC(/C=N/O)c1ccccc1. The van der Waals surface area contributed by atoms with Gasteiger partial charge in [-0.1, -0.05) is 30.3 Å². The fourth-order valence-corrected chi connectivity index (χ4v) is 0.947. The van der Waals surface area contributed by atoms with Gasteiger partial charge in [-0.3, -0.25) is 0 Å². The van der Waals surface area contributed by atoms with Gasteiger partial charge >= 0.3 is 0 Å². The molecule has 0 aliphatic heterocycles. The minimum absolute atomic E-state index is 0.448. The zero-order chi connectivity index (χ0) is 8.81. The smallest absolute Gasteiger partial charge is 0.132 e. The lowest BCUT2D eigenvalue weighted by molar-refractivity contribution is -0.107. The number of rotatable bonds is 3. The predicted octanol–water partition coefficient (Wildman–Crippen LogP) is 1.43. The number of nitrogens with zero attached hydrogens (tertiary/aromatic N) is 1. The molecule has 1 N–H and O–H groups in total. The molecule has 1 aromatic carbocycles. The van der Waals surface area contributed by atoms with Crippen LogP contribution in [0.3, 0.4) is 0 Å². The van der Waals surface area contributed by atoms with E-state index in [2.05, 4.69) is 5.16 Å². The van der Waals surface area contributed by atoms with Crippen molar-refractivity contribution in [2.24, 2.45) is 5.16 Å². The van der Waals surface area contributed by atoms with Gasteiger partial charge in [0.15, 0.2) is 0 Å². The van der Waals surface area contributed by atoms with Crippen molar-refractivity contribution in [3.05, 3.63) is 35.9 Å². The first-order valence-corrected chi connectivity index (χ1v) is 3.56. The van der Waals surface area contributed by atoms with Gasteiger partial charge < -0.3 is 10.0 Å². The van der Waals surface area contributed by atoms with Crippen molar-refractivity contribution in [2.75, 3.05) is 0 Å². The fourth-order valence-electron chi connectivity index (χ4n) is 0.947. The summed E-state index contributed by atoms with van der Waals surface area (Å²) in [7, 11) is 0. The largest absolute Gasteiger partial charge is 0.411 e. The average molecular weight is 163 g/mol.